The van der Waals surface area contributed by atoms with Gasteiger partial charge in [0, 0.05) is 5.56 Å². The topological polar surface area (TPSA) is 102 Å². The van der Waals surface area contributed by atoms with Crippen LogP contribution in [0.3, 0.4) is 0 Å². The van der Waals surface area contributed by atoms with Gasteiger partial charge in [-0.05, 0) is 63.5 Å². The van der Waals surface area contributed by atoms with E-state index in [0.29, 0.717) is 37.3 Å². The van der Waals surface area contributed by atoms with Crippen molar-refractivity contribution in [2.24, 2.45) is 5.73 Å². The first-order valence-corrected chi connectivity index (χ1v) is 8.41. The fraction of sp³-hybridized carbons (Fsp3) is 0.556. The van der Waals surface area contributed by atoms with Crippen LogP contribution >= 0.6 is 0 Å². The van der Waals surface area contributed by atoms with Crippen LogP contribution in [0, 0.1) is 0 Å². The van der Waals surface area contributed by atoms with E-state index in [-0.39, 0.29) is 6.42 Å². The number of carboxylic acids is 1. The average molecular weight is 336 g/mol. The molecule has 0 bridgehead atoms. The fourth-order valence-corrected chi connectivity index (χ4v) is 2.48. The number of hydrogen-bond acceptors (Lipinski definition) is 5. The molecule has 6 heteroatoms. The van der Waals surface area contributed by atoms with Crippen LogP contribution in [0.2, 0.25) is 0 Å². The summed E-state index contributed by atoms with van der Waals surface area (Å²) < 4.78 is 5.56. The molecule has 0 fully saturated rings. The predicted octanol–water partition coefficient (Wildman–Crippen LogP) is 2.22. The molecule has 0 heterocycles. The van der Waals surface area contributed by atoms with Gasteiger partial charge >= 0.3 is 5.97 Å². The molecule has 24 heavy (non-hydrogen) atoms. The van der Waals surface area contributed by atoms with Crippen molar-refractivity contribution in [1.29, 1.82) is 0 Å². The second-order valence-corrected chi connectivity index (χ2v) is 5.76. The minimum Gasteiger partial charge on any atom is -0.494 e. The number of unbranched alkanes of at least 4 members (excludes halogenated alkanes) is 2. The Labute approximate surface area is 143 Å². The largest absolute Gasteiger partial charge is 0.494 e. The maximum atomic E-state index is 12.8. The molecule has 1 aromatic carbocycles. The third-order valence-electron chi connectivity index (χ3n) is 4.07. The Morgan fingerprint density at radius 1 is 1.21 bits per heavy atom. The van der Waals surface area contributed by atoms with Crippen LogP contribution in [-0.2, 0) is 4.79 Å². The molecule has 134 valence electrons. The van der Waals surface area contributed by atoms with Gasteiger partial charge in [-0.3, -0.25) is 10.1 Å². The Kier molecular flexibility index (Phi) is 8.43. The number of rotatable bonds is 12. The van der Waals surface area contributed by atoms with Crippen LogP contribution in [-0.4, -0.2) is 42.6 Å². The summed E-state index contributed by atoms with van der Waals surface area (Å²) in [5.74, 6) is -0.946. The zero-order valence-electron chi connectivity index (χ0n) is 14.5. The van der Waals surface area contributed by atoms with Crippen LogP contribution in [0.25, 0.3) is 0 Å². The van der Waals surface area contributed by atoms with Crippen LogP contribution in [0.15, 0.2) is 24.3 Å². The molecule has 0 saturated heterocycles. The lowest BCUT2D eigenvalue weighted by Crippen LogP contribution is -2.56. The minimum atomic E-state index is -1.63. The second kappa shape index (κ2) is 10.1. The fourth-order valence-electron chi connectivity index (χ4n) is 2.48. The molecule has 0 aromatic heterocycles. The molecule has 0 aliphatic heterocycles. The van der Waals surface area contributed by atoms with Crippen LogP contribution in [0.1, 0.15) is 49.4 Å². The van der Waals surface area contributed by atoms with Gasteiger partial charge in [0.2, 0.25) is 0 Å². The molecule has 0 aliphatic rings. The van der Waals surface area contributed by atoms with E-state index in [2.05, 4.69) is 12.2 Å². The van der Waals surface area contributed by atoms with E-state index in [4.69, 9.17) is 10.5 Å². The summed E-state index contributed by atoms with van der Waals surface area (Å²) in [4.78, 5) is 24.6. The van der Waals surface area contributed by atoms with Crippen molar-refractivity contribution in [2.75, 3.05) is 20.2 Å². The molecular formula is C18H28N2O4. The van der Waals surface area contributed by atoms with Crippen LogP contribution < -0.4 is 15.8 Å². The second-order valence-electron chi connectivity index (χ2n) is 5.76. The molecule has 6 nitrogen and oxygen atoms in total. The van der Waals surface area contributed by atoms with E-state index in [1.54, 1.807) is 24.3 Å². The Bertz CT molecular complexity index is 530. The number of hydrogen-bond donors (Lipinski definition) is 3. The first-order valence-electron chi connectivity index (χ1n) is 8.41. The van der Waals surface area contributed by atoms with E-state index in [1.807, 2.05) is 0 Å². The van der Waals surface area contributed by atoms with Crippen molar-refractivity contribution >= 4 is 11.8 Å². The number of benzene rings is 1. The Morgan fingerprint density at radius 2 is 1.88 bits per heavy atom. The molecule has 0 spiro atoms. The molecule has 0 aliphatic carbocycles. The van der Waals surface area contributed by atoms with Crippen molar-refractivity contribution in [1.82, 2.24) is 5.32 Å². The van der Waals surface area contributed by atoms with E-state index < -0.39 is 17.3 Å². The van der Waals surface area contributed by atoms with E-state index in [0.717, 1.165) is 12.8 Å². The predicted molar refractivity (Wildman–Crippen MR) is 93.5 cm³/mol. The summed E-state index contributed by atoms with van der Waals surface area (Å²) in [6.45, 7) is 3.18. The number of Topliss-reactive ketones (excluding diaryl/α,β-unsaturated/α-hetero) is 1. The molecule has 0 amide bonds. The normalized spacial score (nSPS) is 13.3. The molecule has 1 aromatic rings. The van der Waals surface area contributed by atoms with Crippen molar-refractivity contribution in [3.63, 3.8) is 0 Å². The summed E-state index contributed by atoms with van der Waals surface area (Å²) >= 11 is 0. The minimum absolute atomic E-state index is 0.198. The Morgan fingerprint density at radius 3 is 2.38 bits per heavy atom. The number of carbonyl (C=O) groups excluding carboxylic acids is 1. The monoisotopic (exact) mass is 336 g/mol. The number of aliphatic carboxylic acids is 1. The number of ketones is 1. The van der Waals surface area contributed by atoms with E-state index in [9.17, 15) is 14.7 Å². The van der Waals surface area contributed by atoms with Crippen molar-refractivity contribution in [2.45, 2.75) is 44.6 Å². The van der Waals surface area contributed by atoms with Gasteiger partial charge in [-0.15, -0.1) is 0 Å². The summed E-state index contributed by atoms with van der Waals surface area (Å²) in [7, 11) is 1.50. The highest BCUT2D eigenvalue weighted by molar-refractivity contribution is 6.16. The van der Waals surface area contributed by atoms with Gasteiger partial charge in [0.05, 0.1) is 6.61 Å². The summed E-state index contributed by atoms with van der Waals surface area (Å²) in [6.07, 6.45) is 3.44. The number of nitrogens with one attached hydrogen (secondary N) is 1. The van der Waals surface area contributed by atoms with Gasteiger partial charge in [0.25, 0.3) is 0 Å². The van der Waals surface area contributed by atoms with Gasteiger partial charge in [0.15, 0.2) is 11.3 Å². The highest BCUT2D eigenvalue weighted by Crippen LogP contribution is 2.22. The molecule has 0 radical (unpaired) electrons. The van der Waals surface area contributed by atoms with Crippen molar-refractivity contribution in [3.05, 3.63) is 29.8 Å². The van der Waals surface area contributed by atoms with Crippen molar-refractivity contribution in [3.8, 4) is 5.75 Å². The summed E-state index contributed by atoms with van der Waals surface area (Å²) in [6, 6.07) is 6.62. The highest BCUT2D eigenvalue weighted by Gasteiger charge is 2.44. The quantitative estimate of drug-likeness (QED) is 0.307. The molecule has 4 N–H and O–H groups in total. The molecule has 0 saturated carbocycles. The lowest BCUT2D eigenvalue weighted by molar-refractivity contribution is -0.142. The zero-order valence-corrected chi connectivity index (χ0v) is 14.5. The van der Waals surface area contributed by atoms with E-state index in [1.165, 1.54) is 7.05 Å². The maximum Gasteiger partial charge on any atom is 0.332 e. The van der Waals surface area contributed by atoms with Gasteiger partial charge in [-0.25, -0.2) is 4.79 Å². The number of ether oxygens (including phenoxy) is 1. The van der Waals surface area contributed by atoms with Crippen LogP contribution in [0.4, 0.5) is 0 Å². The van der Waals surface area contributed by atoms with Crippen molar-refractivity contribution < 1.29 is 19.4 Å². The number of likely N-dealkylation sites (N-methyl/N-ethyl adjacent to an activating group) is 1. The third kappa shape index (κ3) is 5.04. The summed E-state index contributed by atoms with van der Waals surface area (Å²) in [5, 5.41) is 12.3. The van der Waals surface area contributed by atoms with Gasteiger partial charge in [0.1, 0.15) is 5.75 Å². The lowest BCUT2D eigenvalue weighted by atomic mass is 9.84. The van der Waals surface area contributed by atoms with Crippen LogP contribution in [0.5, 0.6) is 5.75 Å². The Hall–Kier alpha value is -1.92. The Balaban J connectivity index is 2.91. The number of carbonyl (C=O) groups is 2. The van der Waals surface area contributed by atoms with Gasteiger partial charge < -0.3 is 15.6 Å². The molecule has 0 unspecified atom stereocenters. The first-order chi connectivity index (χ1) is 11.5. The first kappa shape index (κ1) is 20.1. The molecular weight excluding hydrogens is 308 g/mol. The SMILES string of the molecule is CCCCOc1ccc(C(=O)[C@@](CCCCN)(NC)C(=O)O)cc1. The smallest absolute Gasteiger partial charge is 0.332 e. The third-order valence-corrected chi connectivity index (χ3v) is 4.07. The van der Waals surface area contributed by atoms with E-state index >= 15 is 0 Å². The average Bonchev–Trinajstić information content (AvgIpc) is 2.59. The summed E-state index contributed by atoms with van der Waals surface area (Å²) in [5.41, 5.74) is 4.19. The molecule has 1 rings (SSSR count). The van der Waals surface area contributed by atoms with Gasteiger partial charge in [-0.1, -0.05) is 13.3 Å². The number of carboxylic acid groups (broad SMARTS) is 1. The highest BCUT2D eigenvalue weighted by atomic mass is 16.5. The number of nitrogens with two attached hydrogens (primary N) is 1. The standard InChI is InChI=1S/C18H28N2O4/c1-3-4-13-24-15-9-7-14(8-10-15)16(21)18(20-2,17(22)23)11-5-6-12-19/h7-10,20H,3-6,11-13,19H2,1-2H3,(H,22,23)/t18-/m1/s1. The zero-order chi connectivity index (χ0) is 18.0. The lowest BCUT2D eigenvalue weighted by Gasteiger charge is -2.27. The van der Waals surface area contributed by atoms with Gasteiger partial charge in [-0.2, -0.15) is 0 Å². The molecule has 1 atom stereocenters. The maximum absolute atomic E-state index is 12.8.